The highest BCUT2D eigenvalue weighted by Crippen LogP contribution is 2.29. The fourth-order valence-corrected chi connectivity index (χ4v) is 5.20. The molecule has 3 amide bonds. The molecule has 3 aliphatic heterocycles. The predicted molar refractivity (Wildman–Crippen MR) is 129 cm³/mol. The second-order valence-electron chi connectivity index (χ2n) is 9.34. The molecule has 1 aromatic carbocycles. The first-order chi connectivity index (χ1) is 16.6. The van der Waals surface area contributed by atoms with Crippen LogP contribution in [0, 0.1) is 5.92 Å². The molecule has 8 heteroatoms. The van der Waals surface area contributed by atoms with E-state index >= 15 is 0 Å². The molecule has 2 saturated heterocycles. The maximum Gasteiger partial charge on any atom is 0.338 e. The summed E-state index contributed by atoms with van der Waals surface area (Å²) in [7, 11) is 0. The van der Waals surface area contributed by atoms with Crippen LogP contribution in [0.3, 0.4) is 0 Å². The van der Waals surface area contributed by atoms with E-state index in [0.29, 0.717) is 23.7 Å². The lowest BCUT2D eigenvalue weighted by atomic mass is 9.93. The molecule has 184 valence electrons. The maximum absolute atomic E-state index is 13.0. The van der Waals surface area contributed by atoms with Crippen molar-refractivity contribution in [2.45, 2.75) is 51.5 Å². The zero-order chi connectivity index (χ0) is 23.9. The number of carbonyl (C=O) groups excluding carboxylic acids is 3. The van der Waals surface area contributed by atoms with Gasteiger partial charge in [0.25, 0.3) is 0 Å². The number of nitrogens with one attached hydrogen (secondary N) is 2. The van der Waals surface area contributed by atoms with Crippen LogP contribution in [0.4, 0.5) is 4.79 Å². The molecule has 2 fully saturated rings. The number of hydrogen-bond acceptors (Lipinski definition) is 5. The Balaban J connectivity index is 1.46. The summed E-state index contributed by atoms with van der Waals surface area (Å²) >= 11 is 0. The van der Waals surface area contributed by atoms with Crippen LogP contribution < -0.4 is 10.6 Å². The Morgan fingerprint density at radius 2 is 1.68 bits per heavy atom. The van der Waals surface area contributed by atoms with Gasteiger partial charge in [-0.3, -0.25) is 9.69 Å². The Hall–Kier alpha value is -2.87. The van der Waals surface area contributed by atoms with Crippen molar-refractivity contribution in [3.8, 4) is 0 Å². The standard InChI is InChI=1S/C26H36N4O4/c1-2-34-25(32)22-21(27-26(33)28-23(22)19-10-6-5-7-11-19)18-29-16-12-20(13-17-29)24(31)30-14-8-3-4-9-15-30/h5-7,10-11,20,23H,2-4,8-9,12-18H2,1H3,(H2,27,28,33)/t23-/m0/s1. The third-order valence-electron chi connectivity index (χ3n) is 7.02. The lowest BCUT2D eigenvalue weighted by molar-refractivity contribution is -0.139. The van der Waals surface area contributed by atoms with Gasteiger partial charge < -0.3 is 20.3 Å². The molecular weight excluding hydrogens is 432 g/mol. The number of carbonyl (C=O) groups is 3. The Bertz CT molecular complexity index is 901. The molecule has 0 aliphatic carbocycles. The highest BCUT2D eigenvalue weighted by Gasteiger charge is 2.35. The fourth-order valence-electron chi connectivity index (χ4n) is 5.20. The van der Waals surface area contributed by atoms with E-state index in [9.17, 15) is 14.4 Å². The number of amides is 3. The van der Waals surface area contributed by atoms with Crippen LogP contribution in [0.1, 0.15) is 57.1 Å². The minimum absolute atomic E-state index is 0.0625. The number of hydrogen-bond donors (Lipinski definition) is 2. The number of benzene rings is 1. The fraction of sp³-hybridized carbons (Fsp3) is 0.577. The zero-order valence-electron chi connectivity index (χ0n) is 20.1. The lowest BCUT2D eigenvalue weighted by Crippen LogP contribution is -2.50. The zero-order valence-corrected chi connectivity index (χ0v) is 20.1. The van der Waals surface area contributed by atoms with Gasteiger partial charge in [0.05, 0.1) is 18.2 Å². The number of rotatable bonds is 6. The average molecular weight is 469 g/mol. The van der Waals surface area contributed by atoms with Crippen molar-refractivity contribution < 1.29 is 19.1 Å². The van der Waals surface area contributed by atoms with Crippen LogP contribution in [0.15, 0.2) is 41.6 Å². The van der Waals surface area contributed by atoms with Gasteiger partial charge in [0, 0.05) is 31.2 Å². The van der Waals surface area contributed by atoms with Crippen molar-refractivity contribution in [3.63, 3.8) is 0 Å². The molecule has 2 N–H and O–H groups in total. The normalized spacial score (nSPS) is 22.6. The van der Waals surface area contributed by atoms with E-state index in [4.69, 9.17) is 4.74 Å². The van der Waals surface area contributed by atoms with Gasteiger partial charge in [0.2, 0.25) is 5.91 Å². The average Bonchev–Trinajstić information content (AvgIpc) is 3.14. The molecule has 0 saturated carbocycles. The third-order valence-corrected chi connectivity index (χ3v) is 7.02. The summed E-state index contributed by atoms with van der Waals surface area (Å²) in [6.45, 7) is 5.75. The van der Waals surface area contributed by atoms with Gasteiger partial charge in [-0.25, -0.2) is 9.59 Å². The van der Waals surface area contributed by atoms with Gasteiger partial charge in [0.15, 0.2) is 0 Å². The molecule has 4 rings (SSSR count). The van der Waals surface area contributed by atoms with E-state index < -0.39 is 12.0 Å². The minimum atomic E-state index is -0.564. The summed E-state index contributed by atoms with van der Waals surface area (Å²) in [5.41, 5.74) is 1.85. The highest BCUT2D eigenvalue weighted by atomic mass is 16.5. The van der Waals surface area contributed by atoms with Crippen molar-refractivity contribution in [2.75, 3.05) is 39.3 Å². The largest absolute Gasteiger partial charge is 0.463 e. The smallest absolute Gasteiger partial charge is 0.338 e. The van der Waals surface area contributed by atoms with E-state index in [2.05, 4.69) is 20.4 Å². The molecule has 0 aromatic heterocycles. The molecule has 34 heavy (non-hydrogen) atoms. The molecule has 0 bridgehead atoms. The van der Waals surface area contributed by atoms with E-state index in [1.54, 1.807) is 6.92 Å². The second kappa shape index (κ2) is 11.5. The van der Waals surface area contributed by atoms with Crippen LogP contribution in [0.2, 0.25) is 0 Å². The van der Waals surface area contributed by atoms with Gasteiger partial charge in [-0.15, -0.1) is 0 Å². The van der Waals surface area contributed by atoms with Crippen molar-refractivity contribution >= 4 is 17.9 Å². The van der Waals surface area contributed by atoms with Crippen molar-refractivity contribution in [1.82, 2.24) is 20.4 Å². The van der Waals surface area contributed by atoms with Gasteiger partial charge in [-0.2, -0.15) is 0 Å². The SMILES string of the molecule is CCOC(=O)C1=C(CN2CCC(C(=O)N3CCCCCC3)CC2)NC(=O)N[C@H]1c1ccccc1. The van der Waals surface area contributed by atoms with Gasteiger partial charge in [0.1, 0.15) is 0 Å². The summed E-state index contributed by atoms with van der Waals surface area (Å²) in [5.74, 6) is -0.0649. The number of ether oxygens (including phenoxy) is 1. The quantitative estimate of drug-likeness (QED) is 0.627. The van der Waals surface area contributed by atoms with Crippen LogP contribution in [0.5, 0.6) is 0 Å². The second-order valence-corrected chi connectivity index (χ2v) is 9.34. The molecule has 1 atom stereocenters. The summed E-state index contributed by atoms with van der Waals surface area (Å²) in [6, 6.07) is 8.57. The predicted octanol–water partition coefficient (Wildman–Crippen LogP) is 2.97. The Kier molecular flexibility index (Phi) is 8.21. The van der Waals surface area contributed by atoms with Gasteiger partial charge >= 0.3 is 12.0 Å². The first-order valence-corrected chi connectivity index (χ1v) is 12.6. The molecule has 0 unspecified atom stereocenters. The summed E-state index contributed by atoms with van der Waals surface area (Å²) in [5, 5.41) is 5.73. The van der Waals surface area contributed by atoms with E-state index in [1.807, 2.05) is 30.3 Å². The number of nitrogens with zero attached hydrogens (tertiary/aromatic N) is 2. The first kappa shape index (κ1) is 24.3. The third kappa shape index (κ3) is 5.78. The minimum Gasteiger partial charge on any atom is -0.463 e. The van der Waals surface area contributed by atoms with Crippen LogP contribution in [0.25, 0.3) is 0 Å². The molecular formula is C26H36N4O4. The highest BCUT2D eigenvalue weighted by molar-refractivity contribution is 5.95. The Morgan fingerprint density at radius 1 is 1.00 bits per heavy atom. The molecule has 0 radical (unpaired) electrons. The number of urea groups is 1. The number of piperidine rings is 1. The Labute approximate surface area is 201 Å². The summed E-state index contributed by atoms with van der Waals surface area (Å²) < 4.78 is 5.36. The molecule has 3 heterocycles. The monoisotopic (exact) mass is 468 g/mol. The van der Waals surface area contributed by atoms with E-state index in [0.717, 1.165) is 57.4 Å². The van der Waals surface area contributed by atoms with Crippen LogP contribution in [-0.2, 0) is 14.3 Å². The topological polar surface area (TPSA) is 91.0 Å². The molecule has 3 aliphatic rings. The summed E-state index contributed by atoms with van der Waals surface area (Å²) in [6.07, 6.45) is 6.23. The van der Waals surface area contributed by atoms with Crippen LogP contribution in [-0.4, -0.2) is 67.0 Å². The van der Waals surface area contributed by atoms with Gasteiger partial charge in [-0.05, 0) is 51.3 Å². The maximum atomic E-state index is 13.0. The van der Waals surface area contributed by atoms with E-state index in [-0.39, 0.29) is 18.6 Å². The van der Waals surface area contributed by atoms with Crippen molar-refractivity contribution in [1.29, 1.82) is 0 Å². The lowest BCUT2D eigenvalue weighted by Gasteiger charge is -2.36. The van der Waals surface area contributed by atoms with Gasteiger partial charge in [-0.1, -0.05) is 43.2 Å². The number of esters is 1. The summed E-state index contributed by atoms with van der Waals surface area (Å²) in [4.78, 5) is 42.7. The first-order valence-electron chi connectivity index (χ1n) is 12.6. The van der Waals surface area contributed by atoms with Crippen molar-refractivity contribution in [3.05, 3.63) is 47.2 Å². The van der Waals surface area contributed by atoms with E-state index in [1.165, 1.54) is 12.8 Å². The molecule has 1 aromatic rings. The van der Waals surface area contributed by atoms with Crippen LogP contribution >= 0.6 is 0 Å². The molecule has 0 spiro atoms. The number of likely N-dealkylation sites (tertiary alicyclic amines) is 2. The molecule has 8 nitrogen and oxygen atoms in total. The Morgan fingerprint density at radius 3 is 2.32 bits per heavy atom. The van der Waals surface area contributed by atoms with Crippen molar-refractivity contribution in [2.24, 2.45) is 5.92 Å².